The maximum atomic E-state index is 12.7. The highest BCUT2D eigenvalue weighted by Gasteiger charge is 2.18. The summed E-state index contributed by atoms with van der Waals surface area (Å²) in [7, 11) is 0. The van der Waals surface area contributed by atoms with E-state index >= 15 is 0 Å². The minimum absolute atomic E-state index is 0.00801. The van der Waals surface area contributed by atoms with E-state index in [4.69, 9.17) is 11.1 Å². The first-order valence-electron chi connectivity index (χ1n) is 7.99. The normalized spacial score (nSPS) is 10.5. The van der Waals surface area contributed by atoms with Crippen molar-refractivity contribution in [2.75, 3.05) is 11.9 Å². The van der Waals surface area contributed by atoms with Crippen LogP contribution in [0.3, 0.4) is 0 Å². The molecule has 0 atom stereocenters. The molecule has 3 rings (SSSR count). The molecule has 0 saturated heterocycles. The van der Waals surface area contributed by atoms with Crippen LogP contribution in [0, 0.1) is 5.41 Å². The maximum absolute atomic E-state index is 12.7. The lowest BCUT2D eigenvalue weighted by molar-refractivity contribution is -0.105. The highest BCUT2D eigenvalue weighted by atomic mass is 16.2. The quantitative estimate of drug-likeness (QED) is 0.309. The molecule has 3 aromatic rings. The Morgan fingerprint density at radius 2 is 2.04 bits per heavy atom. The summed E-state index contributed by atoms with van der Waals surface area (Å²) in [5.74, 6) is 0.467. The largest absolute Gasteiger partial charge is 0.388 e. The molecule has 0 aliphatic rings. The second kappa shape index (κ2) is 7.47. The van der Waals surface area contributed by atoms with Gasteiger partial charge >= 0.3 is 6.03 Å². The number of fused-ring (bicyclic) bond motifs is 1. The second-order valence-corrected chi connectivity index (χ2v) is 5.61. The lowest BCUT2D eigenvalue weighted by Gasteiger charge is -2.10. The molecule has 2 aromatic carbocycles. The Kier molecular flexibility index (Phi) is 4.93. The van der Waals surface area contributed by atoms with Crippen LogP contribution in [0.5, 0.6) is 0 Å². The fraction of sp³-hybridized carbons (Fsp3) is 0.111. The highest BCUT2D eigenvalue weighted by Crippen LogP contribution is 2.26. The van der Waals surface area contributed by atoms with Crippen molar-refractivity contribution in [1.82, 2.24) is 14.9 Å². The molecular formula is C18H18N6O2. The molecule has 5 N–H and O–H groups in total. The van der Waals surface area contributed by atoms with Crippen LogP contribution in [0.1, 0.15) is 6.42 Å². The molecule has 0 radical (unpaired) electrons. The summed E-state index contributed by atoms with van der Waals surface area (Å²) in [5, 5.41) is 12.6. The average molecular weight is 350 g/mol. The molecule has 1 aromatic heterocycles. The first-order chi connectivity index (χ1) is 12.6. The lowest BCUT2D eigenvalue weighted by Crippen LogP contribution is -2.31. The average Bonchev–Trinajstić information content (AvgIpc) is 3.01. The van der Waals surface area contributed by atoms with E-state index in [0.717, 1.165) is 0 Å². The number of anilines is 1. The van der Waals surface area contributed by atoms with Crippen LogP contribution in [0.2, 0.25) is 0 Å². The van der Waals surface area contributed by atoms with E-state index in [0.29, 0.717) is 34.5 Å². The molecule has 0 bridgehead atoms. The van der Waals surface area contributed by atoms with Crippen LogP contribution in [0.4, 0.5) is 10.5 Å². The third-order valence-electron chi connectivity index (χ3n) is 3.78. The Balaban J connectivity index is 2.04. The van der Waals surface area contributed by atoms with Gasteiger partial charge in [-0.1, -0.05) is 24.3 Å². The van der Waals surface area contributed by atoms with Gasteiger partial charge in [0.2, 0.25) is 6.41 Å². The fourth-order valence-corrected chi connectivity index (χ4v) is 2.62. The minimum Gasteiger partial charge on any atom is -0.388 e. The lowest BCUT2D eigenvalue weighted by atomic mass is 10.2. The van der Waals surface area contributed by atoms with Gasteiger partial charge in [-0.3, -0.25) is 10.2 Å². The number of carbonyl (C=O) groups excluding carboxylic acids is 2. The van der Waals surface area contributed by atoms with Crippen LogP contribution >= 0.6 is 0 Å². The number of nitrogens with two attached hydrogens (primary N) is 1. The number of hydrogen-bond acceptors (Lipinski definition) is 4. The molecule has 132 valence electrons. The summed E-state index contributed by atoms with van der Waals surface area (Å²) in [4.78, 5) is 28.0. The predicted octanol–water partition coefficient (Wildman–Crippen LogP) is 2.16. The van der Waals surface area contributed by atoms with Crippen molar-refractivity contribution >= 4 is 35.0 Å². The Bertz CT molecular complexity index is 979. The SMILES string of the molecule is N=C(N)CCNC(=O)n1c(-c2cccc(NC=O)c2)nc2ccccc21. The van der Waals surface area contributed by atoms with E-state index in [1.165, 1.54) is 4.57 Å². The molecule has 0 saturated carbocycles. The van der Waals surface area contributed by atoms with Gasteiger partial charge in [0.15, 0.2) is 0 Å². The number of aromatic nitrogens is 2. The van der Waals surface area contributed by atoms with Crippen molar-refractivity contribution in [3.8, 4) is 11.4 Å². The summed E-state index contributed by atoms with van der Waals surface area (Å²) in [6.45, 7) is 0.257. The number of rotatable bonds is 6. The van der Waals surface area contributed by atoms with Gasteiger partial charge in [0.05, 0.1) is 16.9 Å². The monoisotopic (exact) mass is 350 g/mol. The second-order valence-electron chi connectivity index (χ2n) is 5.61. The smallest absolute Gasteiger partial charge is 0.327 e. The van der Waals surface area contributed by atoms with E-state index in [1.807, 2.05) is 30.3 Å². The Hall–Kier alpha value is -3.68. The number of nitrogens with zero attached hydrogens (tertiary/aromatic N) is 2. The molecule has 0 spiro atoms. The topological polar surface area (TPSA) is 126 Å². The third kappa shape index (κ3) is 3.54. The van der Waals surface area contributed by atoms with Crippen molar-refractivity contribution in [3.05, 3.63) is 48.5 Å². The van der Waals surface area contributed by atoms with Crippen molar-refractivity contribution in [2.24, 2.45) is 5.73 Å². The van der Waals surface area contributed by atoms with E-state index in [2.05, 4.69) is 15.6 Å². The molecule has 1 heterocycles. The standard InChI is InChI=1S/C18H18N6O2/c19-16(20)8-9-21-18(26)24-15-7-2-1-6-14(15)23-17(24)12-4-3-5-13(10-12)22-11-25/h1-7,10-11H,8-9H2,(H3,19,20)(H,21,26)(H,22,25). The van der Waals surface area contributed by atoms with E-state index in [-0.39, 0.29) is 24.8 Å². The van der Waals surface area contributed by atoms with Crippen LogP contribution in [-0.2, 0) is 4.79 Å². The van der Waals surface area contributed by atoms with Gasteiger partial charge in [-0.25, -0.2) is 14.3 Å². The highest BCUT2D eigenvalue weighted by molar-refractivity contribution is 5.94. The van der Waals surface area contributed by atoms with Gasteiger partial charge in [-0.15, -0.1) is 0 Å². The number of para-hydroxylation sites is 2. The van der Waals surface area contributed by atoms with E-state index in [9.17, 15) is 9.59 Å². The Morgan fingerprint density at radius 3 is 2.81 bits per heavy atom. The van der Waals surface area contributed by atoms with Gasteiger partial charge in [0.25, 0.3) is 0 Å². The summed E-state index contributed by atoms with van der Waals surface area (Å²) in [5.41, 5.74) is 7.97. The van der Waals surface area contributed by atoms with E-state index in [1.54, 1.807) is 18.2 Å². The number of imidazole rings is 1. The number of hydrogen-bond donors (Lipinski definition) is 4. The molecule has 8 heteroatoms. The van der Waals surface area contributed by atoms with Gasteiger partial charge in [-0.05, 0) is 24.3 Å². The Labute approximate surface area is 149 Å². The van der Waals surface area contributed by atoms with Gasteiger partial charge < -0.3 is 16.4 Å². The van der Waals surface area contributed by atoms with Crippen molar-refractivity contribution in [3.63, 3.8) is 0 Å². The summed E-state index contributed by atoms with van der Waals surface area (Å²) < 4.78 is 1.48. The number of amidine groups is 1. The van der Waals surface area contributed by atoms with Crippen molar-refractivity contribution < 1.29 is 9.59 Å². The third-order valence-corrected chi connectivity index (χ3v) is 3.78. The summed E-state index contributed by atoms with van der Waals surface area (Å²) in [6, 6.07) is 14.0. The molecular weight excluding hydrogens is 332 g/mol. The van der Waals surface area contributed by atoms with Crippen LogP contribution in [-0.4, -0.2) is 34.4 Å². The maximum Gasteiger partial charge on any atom is 0.327 e. The molecule has 0 fully saturated rings. The minimum atomic E-state index is -0.358. The van der Waals surface area contributed by atoms with Gasteiger partial charge in [0.1, 0.15) is 5.82 Å². The molecule has 8 nitrogen and oxygen atoms in total. The number of nitrogens with one attached hydrogen (secondary N) is 3. The fourth-order valence-electron chi connectivity index (χ4n) is 2.62. The number of carbonyl (C=O) groups is 2. The van der Waals surface area contributed by atoms with Gasteiger partial charge in [0, 0.05) is 24.2 Å². The Morgan fingerprint density at radius 1 is 1.23 bits per heavy atom. The summed E-state index contributed by atoms with van der Waals surface area (Å²) in [6.07, 6.45) is 0.864. The molecule has 0 unspecified atom stereocenters. The summed E-state index contributed by atoms with van der Waals surface area (Å²) >= 11 is 0. The first kappa shape index (κ1) is 17.2. The van der Waals surface area contributed by atoms with Gasteiger partial charge in [-0.2, -0.15) is 0 Å². The van der Waals surface area contributed by atoms with E-state index < -0.39 is 0 Å². The zero-order chi connectivity index (χ0) is 18.5. The molecule has 0 aliphatic heterocycles. The zero-order valence-electron chi connectivity index (χ0n) is 13.9. The number of amides is 2. The predicted molar refractivity (Wildman–Crippen MR) is 100 cm³/mol. The van der Waals surface area contributed by atoms with Crippen molar-refractivity contribution in [2.45, 2.75) is 6.42 Å². The molecule has 26 heavy (non-hydrogen) atoms. The first-order valence-corrected chi connectivity index (χ1v) is 7.99. The van der Waals surface area contributed by atoms with Crippen LogP contribution < -0.4 is 16.4 Å². The van der Waals surface area contributed by atoms with Crippen molar-refractivity contribution in [1.29, 1.82) is 5.41 Å². The van der Waals surface area contributed by atoms with Crippen LogP contribution in [0.25, 0.3) is 22.4 Å². The zero-order valence-corrected chi connectivity index (χ0v) is 13.9. The molecule has 2 amide bonds. The molecule has 0 aliphatic carbocycles. The van der Waals surface area contributed by atoms with Crippen LogP contribution in [0.15, 0.2) is 48.5 Å². The number of benzene rings is 2.